The molecule has 3 nitrogen and oxygen atoms in total. The van der Waals surface area contributed by atoms with Crippen LogP contribution in [0, 0.1) is 0 Å². The first-order valence-electron chi connectivity index (χ1n) is 5.31. The van der Waals surface area contributed by atoms with Crippen molar-refractivity contribution in [3.8, 4) is 11.3 Å². The van der Waals surface area contributed by atoms with E-state index in [1.165, 1.54) is 0 Å². The van der Waals surface area contributed by atoms with Crippen LogP contribution in [0.1, 0.15) is 12.8 Å². The van der Waals surface area contributed by atoms with Crippen molar-refractivity contribution in [1.29, 1.82) is 0 Å². The molecular formula is C12H12Br2N2O. The first-order chi connectivity index (χ1) is 8.19. The van der Waals surface area contributed by atoms with Gasteiger partial charge in [-0.1, -0.05) is 38.8 Å². The van der Waals surface area contributed by atoms with Crippen LogP contribution in [0.5, 0.6) is 0 Å². The molecule has 2 rings (SSSR count). The minimum atomic E-state index is 0.658. The maximum absolute atomic E-state index is 5.67. The number of hydrogen-bond acceptors (Lipinski definition) is 3. The summed E-state index contributed by atoms with van der Waals surface area (Å²) in [6, 6.07) is 5.99. The molecule has 0 atom stereocenters. The average Bonchev–Trinajstić information content (AvgIpc) is 2.73. The van der Waals surface area contributed by atoms with Crippen LogP contribution < -0.4 is 5.32 Å². The van der Waals surface area contributed by atoms with Crippen molar-refractivity contribution in [2.45, 2.75) is 13.5 Å². The van der Waals surface area contributed by atoms with Gasteiger partial charge in [-0.2, -0.15) is 0 Å². The lowest BCUT2D eigenvalue weighted by molar-refractivity contribution is 0.482. The van der Waals surface area contributed by atoms with E-state index in [1.807, 2.05) is 18.2 Å². The van der Waals surface area contributed by atoms with Gasteiger partial charge in [-0.25, -0.2) is 4.98 Å². The highest BCUT2D eigenvalue weighted by Crippen LogP contribution is 2.28. The van der Waals surface area contributed by atoms with Crippen LogP contribution in [0.2, 0.25) is 0 Å². The molecule has 0 unspecified atom stereocenters. The second kappa shape index (κ2) is 5.80. The largest absolute Gasteiger partial charge is 0.439 e. The van der Waals surface area contributed by atoms with Gasteiger partial charge in [0.25, 0.3) is 0 Å². The fraction of sp³-hybridized carbons (Fsp3) is 0.250. The van der Waals surface area contributed by atoms with Gasteiger partial charge in [-0.05, 0) is 24.7 Å². The minimum absolute atomic E-state index is 0.658. The monoisotopic (exact) mass is 358 g/mol. The van der Waals surface area contributed by atoms with Crippen LogP contribution in [-0.2, 0) is 6.54 Å². The molecule has 0 amide bonds. The van der Waals surface area contributed by atoms with Crippen LogP contribution in [0.3, 0.4) is 0 Å². The number of rotatable bonds is 4. The second-order valence-electron chi connectivity index (χ2n) is 3.56. The Kier molecular flexibility index (Phi) is 4.36. The van der Waals surface area contributed by atoms with E-state index in [-0.39, 0.29) is 0 Å². The number of halogens is 2. The predicted octanol–water partition coefficient (Wildman–Crippen LogP) is 3.98. The Hall–Kier alpha value is -0.650. The normalized spacial score (nSPS) is 10.8. The van der Waals surface area contributed by atoms with Crippen LogP contribution in [0.15, 0.2) is 37.8 Å². The zero-order valence-corrected chi connectivity index (χ0v) is 12.5. The van der Waals surface area contributed by atoms with E-state index in [0.29, 0.717) is 12.4 Å². The maximum atomic E-state index is 5.67. The number of hydrogen-bond donors (Lipinski definition) is 1. The molecule has 0 radical (unpaired) electrons. The molecule has 2 aromatic rings. The molecular weight excluding hydrogens is 348 g/mol. The van der Waals surface area contributed by atoms with Crippen LogP contribution in [0.4, 0.5) is 0 Å². The molecule has 17 heavy (non-hydrogen) atoms. The molecule has 0 spiro atoms. The lowest BCUT2D eigenvalue weighted by Crippen LogP contribution is -2.11. The fourth-order valence-corrected chi connectivity index (χ4v) is 2.75. The van der Waals surface area contributed by atoms with E-state index in [2.05, 4.69) is 49.1 Å². The van der Waals surface area contributed by atoms with Gasteiger partial charge in [0.05, 0.1) is 12.7 Å². The molecule has 0 bridgehead atoms. The van der Waals surface area contributed by atoms with Crippen molar-refractivity contribution in [3.63, 3.8) is 0 Å². The van der Waals surface area contributed by atoms with E-state index in [9.17, 15) is 0 Å². The standard InChI is InChI=1S/C12H12Br2N2O/c1-2-15-7-12-16-6-11(17-12)8-3-9(13)5-10(14)4-8/h3-6,15H,2,7H2,1H3. The van der Waals surface area contributed by atoms with Gasteiger partial charge >= 0.3 is 0 Å². The fourth-order valence-electron chi connectivity index (χ4n) is 1.45. The molecule has 0 aliphatic carbocycles. The van der Waals surface area contributed by atoms with E-state index in [0.717, 1.165) is 26.8 Å². The van der Waals surface area contributed by atoms with Crippen LogP contribution in [-0.4, -0.2) is 11.5 Å². The molecule has 0 aliphatic heterocycles. The summed E-state index contributed by atoms with van der Waals surface area (Å²) in [4.78, 5) is 4.23. The quantitative estimate of drug-likeness (QED) is 0.897. The average molecular weight is 360 g/mol. The SMILES string of the molecule is CCNCc1ncc(-c2cc(Br)cc(Br)c2)o1. The van der Waals surface area contributed by atoms with E-state index >= 15 is 0 Å². The minimum Gasteiger partial charge on any atom is -0.439 e. The lowest BCUT2D eigenvalue weighted by atomic mass is 10.2. The molecule has 1 aromatic heterocycles. The third kappa shape index (κ3) is 3.40. The van der Waals surface area contributed by atoms with Crippen LogP contribution in [0.25, 0.3) is 11.3 Å². The van der Waals surface area contributed by atoms with Crippen molar-refractivity contribution in [3.05, 3.63) is 39.2 Å². The van der Waals surface area contributed by atoms with E-state index in [4.69, 9.17) is 4.42 Å². The highest BCUT2D eigenvalue weighted by molar-refractivity contribution is 9.11. The molecule has 1 heterocycles. The number of nitrogens with one attached hydrogen (secondary N) is 1. The Morgan fingerprint density at radius 3 is 2.59 bits per heavy atom. The summed E-state index contributed by atoms with van der Waals surface area (Å²) >= 11 is 6.91. The number of benzene rings is 1. The summed E-state index contributed by atoms with van der Waals surface area (Å²) in [5.41, 5.74) is 1.00. The summed E-state index contributed by atoms with van der Waals surface area (Å²) in [5, 5.41) is 3.18. The molecule has 5 heteroatoms. The molecule has 1 aromatic carbocycles. The van der Waals surface area contributed by atoms with E-state index < -0.39 is 0 Å². The number of nitrogens with zero attached hydrogens (tertiary/aromatic N) is 1. The second-order valence-corrected chi connectivity index (χ2v) is 5.39. The van der Waals surface area contributed by atoms with Crippen molar-refractivity contribution in [2.75, 3.05) is 6.54 Å². The third-order valence-corrected chi connectivity index (χ3v) is 3.14. The highest BCUT2D eigenvalue weighted by Gasteiger charge is 2.07. The summed E-state index contributed by atoms with van der Waals surface area (Å²) in [7, 11) is 0. The lowest BCUT2D eigenvalue weighted by Gasteiger charge is -1.99. The van der Waals surface area contributed by atoms with Gasteiger partial charge in [-0.3, -0.25) is 0 Å². The van der Waals surface area contributed by atoms with Crippen molar-refractivity contribution >= 4 is 31.9 Å². The van der Waals surface area contributed by atoms with Gasteiger partial charge in [0.1, 0.15) is 0 Å². The molecule has 0 saturated carbocycles. The molecule has 1 N–H and O–H groups in total. The highest BCUT2D eigenvalue weighted by atomic mass is 79.9. The van der Waals surface area contributed by atoms with Gasteiger partial charge in [0, 0.05) is 14.5 Å². The van der Waals surface area contributed by atoms with Gasteiger partial charge < -0.3 is 9.73 Å². The van der Waals surface area contributed by atoms with Gasteiger partial charge in [0.15, 0.2) is 5.76 Å². The Morgan fingerprint density at radius 1 is 1.24 bits per heavy atom. The van der Waals surface area contributed by atoms with Crippen molar-refractivity contribution < 1.29 is 4.42 Å². The summed E-state index contributed by atoms with van der Waals surface area (Å²) < 4.78 is 7.68. The predicted molar refractivity (Wildman–Crippen MR) is 74.7 cm³/mol. The van der Waals surface area contributed by atoms with E-state index in [1.54, 1.807) is 6.20 Å². The number of aromatic nitrogens is 1. The zero-order valence-electron chi connectivity index (χ0n) is 9.34. The Morgan fingerprint density at radius 2 is 1.94 bits per heavy atom. The maximum Gasteiger partial charge on any atom is 0.208 e. The zero-order chi connectivity index (χ0) is 12.3. The first-order valence-corrected chi connectivity index (χ1v) is 6.89. The Balaban J connectivity index is 2.24. The number of oxazole rings is 1. The van der Waals surface area contributed by atoms with Crippen molar-refractivity contribution in [2.24, 2.45) is 0 Å². The van der Waals surface area contributed by atoms with Crippen LogP contribution >= 0.6 is 31.9 Å². The van der Waals surface area contributed by atoms with Gasteiger partial charge in [0.2, 0.25) is 5.89 Å². The molecule has 0 saturated heterocycles. The smallest absolute Gasteiger partial charge is 0.208 e. The van der Waals surface area contributed by atoms with Crippen molar-refractivity contribution in [1.82, 2.24) is 10.3 Å². The molecule has 90 valence electrons. The summed E-state index contributed by atoms with van der Waals surface area (Å²) in [6.45, 7) is 3.61. The molecule has 0 fully saturated rings. The third-order valence-electron chi connectivity index (χ3n) is 2.23. The topological polar surface area (TPSA) is 38.1 Å². The van der Waals surface area contributed by atoms with Gasteiger partial charge in [-0.15, -0.1) is 0 Å². The molecule has 0 aliphatic rings. The summed E-state index contributed by atoms with van der Waals surface area (Å²) in [5.74, 6) is 1.48. The Labute approximate surface area is 117 Å². The summed E-state index contributed by atoms with van der Waals surface area (Å²) in [6.07, 6.45) is 1.75. The first kappa shape index (κ1) is 12.8. The Bertz CT molecular complexity index is 491.